The molecule has 2 rings (SSSR count). The van der Waals surface area contributed by atoms with Crippen LogP contribution in [0.2, 0.25) is 0 Å². The van der Waals surface area contributed by atoms with Gasteiger partial charge in [-0.25, -0.2) is 4.79 Å². The highest BCUT2D eigenvalue weighted by Gasteiger charge is 2.25. The monoisotopic (exact) mass is 279 g/mol. The molecule has 7 nitrogen and oxygen atoms in total. The lowest BCUT2D eigenvalue weighted by atomic mass is 10.2. The number of carbonyl (C=O) groups excluding carboxylic acids is 1. The van der Waals surface area contributed by atoms with Gasteiger partial charge in [-0.15, -0.1) is 0 Å². The van der Waals surface area contributed by atoms with E-state index in [4.69, 9.17) is 4.74 Å². The molecule has 0 aliphatic carbocycles. The van der Waals surface area contributed by atoms with Crippen molar-refractivity contribution in [3.63, 3.8) is 0 Å². The summed E-state index contributed by atoms with van der Waals surface area (Å²) < 4.78 is 5.56. The number of nitrogens with one attached hydrogen (secondary N) is 1. The van der Waals surface area contributed by atoms with Crippen molar-refractivity contribution in [1.29, 1.82) is 0 Å². The van der Waals surface area contributed by atoms with Crippen LogP contribution in [-0.2, 0) is 4.74 Å². The Morgan fingerprint density at radius 3 is 2.35 bits per heavy atom. The van der Waals surface area contributed by atoms with Crippen LogP contribution in [0.25, 0.3) is 0 Å². The highest BCUT2D eigenvalue weighted by Crippen LogP contribution is 2.17. The Morgan fingerprint density at radius 1 is 1.30 bits per heavy atom. The summed E-state index contributed by atoms with van der Waals surface area (Å²) in [4.78, 5) is 23.9. The minimum atomic E-state index is -0.475. The Labute approximate surface area is 116 Å². The molecule has 2 amide bonds. The Morgan fingerprint density at radius 2 is 1.85 bits per heavy atom. The zero-order valence-corrected chi connectivity index (χ0v) is 11.4. The van der Waals surface area contributed by atoms with Crippen LogP contribution in [0.3, 0.4) is 0 Å². The van der Waals surface area contributed by atoms with Crippen LogP contribution < -0.4 is 5.32 Å². The second kappa shape index (κ2) is 5.87. The van der Waals surface area contributed by atoms with Crippen molar-refractivity contribution in [2.24, 2.45) is 0 Å². The first-order valence-electron chi connectivity index (χ1n) is 6.41. The van der Waals surface area contributed by atoms with Crippen molar-refractivity contribution in [3.05, 3.63) is 34.4 Å². The molecule has 1 fully saturated rings. The third-order valence-electron chi connectivity index (χ3n) is 3.04. The number of benzene rings is 1. The number of morpholine rings is 1. The van der Waals surface area contributed by atoms with E-state index >= 15 is 0 Å². The molecule has 1 aliphatic rings. The largest absolute Gasteiger partial charge is 0.372 e. The average Bonchev–Trinajstić information content (AvgIpc) is 2.38. The molecule has 0 bridgehead atoms. The first kappa shape index (κ1) is 14.3. The van der Waals surface area contributed by atoms with E-state index in [1.807, 2.05) is 13.8 Å². The fourth-order valence-corrected chi connectivity index (χ4v) is 2.21. The van der Waals surface area contributed by atoms with E-state index in [2.05, 4.69) is 5.32 Å². The molecule has 108 valence electrons. The predicted molar refractivity (Wildman–Crippen MR) is 73.7 cm³/mol. The van der Waals surface area contributed by atoms with Crippen molar-refractivity contribution >= 4 is 17.4 Å². The molecule has 0 unspecified atom stereocenters. The SMILES string of the molecule is C[C@@H]1CN(C(=O)Nc2ccc([N+](=O)[O-])cc2)C[C@H](C)O1. The van der Waals surface area contributed by atoms with Gasteiger partial charge in [-0.1, -0.05) is 0 Å². The van der Waals surface area contributed by atoms with Gasteiger partial charge in [0.15, 0.2) is 0 Å². The number of nitro groups is 1. The summed E-state index contributed by atoms with van der Waals surface area (Å²) in [5.74, 6) is 0. The molecule has 1 heterocycles. The molecule has 0 spiro atoms. The normalized spacial score (nSPS) is 22.4. The van der Waals surface area contributed by atoms with Crippen LogP contribution in [0, 0.1) is 10.1 Å². The summed E-state index contributed by atoms with van der Waals surface area (Å²) in [6.07, 6.45) is 0.00252. The summed E-state index contributed by atoms with van der Waals surface area (Å²) in [5, 5.41) is 13.3. The second-order valence-electron chi connectivity index (χ2n) is 4.90. The van der Waals surface area contributed by atoms with Gasteiger partial charge in [-0.05, 0) is 26.0 Å². The third kappa shape index (κ3) is 3.45. The molecule has 0 aromatic heterocycles. The van der Waals surface area contributed by atoms with Gasteiger partial charge in [0.2, 0.25) is 0 Å². The van der Waals surface area contributed by atoms with Crippen LogP contribution >= 0.6 is 0 Å². The fourth-order valence-electron chi connectivity index (χ4n) is 2.21. The van der Waals surface area contributed by atoms with Gasteiger partial charge in [0.25, 0.3) is 5.69 Å². The third-order valence-corrected chi connectivity index (χ3v) is 3.04. The zero-order valence-electron chi connectivity index (χ0n) is 11.4. The molecule has 1 N–H and O–H groups in total. The van der Waals surface area contributed by atoms with Gasteiger partial charge in [0, 0.05) is 30.9 Å². The van der Waals surface area contributed by atoms with Gasteiger partial charge < -0.3 is 15.0 Å². The van der Waals surface area contributed by atoms with Gasteiger partial charge >= 0.3 is 6.03 Å². The molecular weight excluding hydrogens is 262 g/mol. The maximum Gasteiger partial charge on any atom is 0.322 e. The summed E-state index contributed by atoms with van der Waals surface area (Å²) >= 11 is 0. The number of anilines is 1. The molecule has 1 aromatic rings. The summed E-state index contributed by atoms with van der Waals surface area (Å²) in [6, 6.07) is 5.54. The van der Waals surface area contributed by atoms with Crippen LogP contribution in [-0.4, -0.2) is 41.2 Å². The number of non-ortho nitro benzene ring substituents is 1. The summed E-state index contributed by atoms with van der Waals surface area (Å²) in [7, 11) is 0. The maximum absolute atomic E-state index is 12.1. The zero-order chi connectivity index (χ0) is 14.7. The van der Waals surface area contributed by atoms with E-state index in [1.54, 1.807) is 4.90 Å². The highest BCUT2D eigenvalue weighted by atomic mass is 16.6. The van der Waals surface area contributed by atoms with E-state index in [9.17, 15) is 14.9 Å². The van der Waals surface area contributed by atoms with Gasteiger partial charge in [0.05, 0.1) is 17.1 Å². The minimum absolute atomic E-state index is 0.00126. The number of hydrogen-bond donors (Lipinski definition) is 1. The first-order valence-corrected chi connectivity index (χ1v) is 6.41. The molecule has 2 atom stereocenters. The van der Waals surface area contributed by atoms with E-state index in [-0.39, 0.29) is 23.9 Å². The molecular formula is C13H17N3O4. The summed E-state index contributed by atoms with van der Waals surface area (Å²) in [5.41, 5.74) is 0.531. The van der Waals surface area contributed by atoms with Gasteiger partial charge in [0.1, 0.15) is 0 Å². The molecule has 0 saturated carbocycles. The number of nitro benzene ring substituents is 1. The number of carbonyl (C=O) groups is 1. The van der Waals surface area contributed by atoms with Crippen LogP contribution in [0.15, 0.2) is 24.3 Å². The van der Waals surface area contributed by atoms with E-state index < -0.39 is 4.92 Å². The molecule has 20 heavy (non-hydrogen) atoms. The highest BCUT2D eigenvalue weighted by molar-refractivity contribution is 5.89. The Bertz CT molecular complexity index is 493. The standard InChI is InChI=1S/C13H17N3O4/c1-9-7-15(8-10(2)20-9)13(17)14-11-3-5-12(6-4-11)16(18)19/h3-6,9-10H,7-8H2,1-2H3,(H,14,17)/t9-,10+. The van der Waals surface area contributed by atoms with Crippen LogP contribution in [0.4, 0.5) is 16.2 Å². The Hall–Kier alpha value is -2.15. The molecule has 7 heteroatoms. The predicted octanol–water partition coefficient (Wildman–Crippen LogP) is 2.24. The topological polar surface area (TPSA) is 84.7 Å². The van der Waals surface area contributed by atoms with Crippen molar-refractivity contribution < 1.29 is 14.5 Å². The molecule has 1 saturated heterocycles. The number of hydrogen-bond acceptors (Lipinski definition) is 4. The Balaban J connectivity index is 1.98. The molecule has 1 aromatic carbocycles. The number of amides is 2. The van der Waals surface area contributed by atoms with E-state index in [0.29, 0.717) is 18.8 Å². The lowest BCUT2D eigenvalue weighted by molar-refractivity contribution is -0.384. The summed E-state index contributed by atoms with van der Waals surface area (Å²) in [6.45, 7) is 4.90. The maximum atomic E-state index is 12.1. The minimum Gasteiger partial charge on any atom is -0.372 e. The lowest BCUT2D eigenvalue weighted by Gasteiger charge is -2.35. The van der Waals surface area contributed by atoms with Crippen molar-refractivity contribution in [2.45, 2.75) is 26.1 Å². The van der Waals surface area contributed by atoms with Crippen molar-refractivity contribution in [2.75, 3.05) is 18.4 Å². The number of ether oxygens (including phenoxy) is 1. The van der Waals surface area contributed by atoms with Crippen LogP contribution in [0.1, 0.15) is 13.8 Å². The number of rotatable bonds is 2. The smallest absolute Gasteiger partial charge is 0.322 e. The van der Waals surface area contributed by atoms with E-state index in [1.165, 1.54) is 24.3 Å². The first-order chi connectivity index (χ1) is 9.45. The molecule has 1 aliphatic heterocycles. The molecule has 0 radical (unpaired) electrons. The fraction of sp³-hybridized carbons (Fsp3) is 0.462. The number of urea groups is 1. The van der Waals surface area contributed by atoms with Crippen LogP contribution in [0.5, 0.6) is 0 Å². The Kier molecular flexibility index (Phi) is 4.19. The van der Waals surface area contributed by atoms with Gasteiger partial charge in [-0.3, -0.25) is 10.1 Å². The number of nitrogens with zero attached hydrogens (tertiary/aromatic N) is 2. The van der Waals surface area contributed by atoms with Crippen molar-refractivity contribution in [1.82, 2.24) is 4.90 Å². The van der Waals surface area contributed by atoms with E-state index in [0.717, 1.165) is 0 Å². The van der Waals surface area contributed by atoms with Gasteiger partial charge in [-0.2, -0.15) is 0 Å². The average molecular weight is 279 g/mol. The quantitative estimate of drug-likeness (QED) is 0.664. The second-order valence-corrected chi connectivity index (χ2v) is 4.90. The lowest BCUT2D eigenvalue weighted by Crippen LogP contribution is -2.49. The van der Waals surface area contributed by atoms with Crippen molar-refractivity contribution in [3.8, 4) is 0 Å².